The van der Waals surface area contributed by atoms with Crippen LogP contribution in [0.1, 0.15) is 41.5 Å². The van der Waals surface area contributed by atoms with Crippen LogP contribution in [0.3, 0.4) is 0 Å². The molecule has 10 aliphatic rings. The lowest BCUT2D eigenvalue weighted by Crippen LogP contribution is -2.71. The summed E-state index contributed by atoms with van der Waals surface area (Å²) >= 11 is 0. The molecule has 26 atom stereocenters. The van der Waals surface area contributed by atoms with Crippen molar-refractivity contribution in [3.8, 4) is 0 Å². The lowest BCUT2D eigenvalue weighted by Gasteiger charge is -2.51. The summed E-state index contributed by atoms with van der Waals surface area (Å²) in [6, 6.07) is -4.90. The van der Waals surface area contributed by atoms with Gasteiger partial charge in [-0.1, -0.05) is 0 Å². The van der Waals surface area contributed by atoms with E-state index in [1.54, 1.807) is 0 Å². The SMILES string of the molecule is CC(=O)N[C@@H]1[C@@H]2O[C@H]3[C@H](O)[C@@H](O)[C@H](O[C@@H]3COC(C)=O)OP(=O)(O)O[C@H]3[C@H](O)[C@@H](O)[C@@H](O[C@@H]4[C@H](O)[C@H](C)O[C@@H](O[C@H]5[C@H](O)[C@@H](CO)O[C@H](O[C@@H]([C@H]1O)[C@H](C)O2)[C@@H]5NC(C)=O)[C@H]4NC(C)=O)O[C@@H]3CO. The summed E-state index contributed by atoms with van der Waals surface area (Å²) in [4.78, 5) is 61.2. The van der Waals surface area contributed by atoms with Gasteiger partial charge < -0.3 is 114 Å². The predicted molar refractivity (Wildman–Crippen MR) is 216 cm³/mol. The average Bonchev–Trinajstić information content (AvgIpc) is 3.26. The molecule has 0 aromatic carbocycles. The second kappa shape index (κ2) is 23.0. The maximum Gasteiger partial charge on any atom is 0.475 e. The minimum absolute atomic E-state index is 0.762. The van der Waals surface area contributed by atoms with E-state index in [-0.39, 0.29) is 0 Å². The molecule has 10 heterocycles. The minimum Gasteiger partial charge on any atom is -0.463 e. The third-order valence-corrected chi connectivity index (χ3v) is 13.1. The van der Waals surface area contributed by atoms with Gasteiger partial charge in [0.25, 0.3) is 0 Å². The van der Waals surface area contributed by atoms with Crippen molar-refractivity contribution in [2.24, 2.45) is 0 Å². The Labute approximate surface area is 392 Å². The zero-order chi connectivity index (χ0) is 51.0. The fourth-order valence-corrected chi connectivity index (χ4v) is 9.90. The predicted octanol–water partition coefficient (Wildman–Crippen LogP) is -7.70. The van der Waals surface area contributed by atoms with Crippen molar-refractivity contribution in [2.75, 3.05) is 19.8 Å². The van der Waals surface area contributed by atoms with E-state index in [1.165, 1.54) is 13.8 Å². The lowest BCUT2D eigenvalue weighted by molar-refractivity contribution is -0.365. The molecular formula is C38H62N3O27P. The Hall–Kier alpha value is -2.73. The quantitative estimate of drug-likeness (QED) is 0.0832. The van der Waals surface area contributed by atoms with Gasteiger partial charge in [0.15, 0.2) is 31.5 Å². The van der Waals surface area contributed by atoms with Gasteiger partial charge in [-0.2, -0.15) is 0 Å². The number of esters is 1. The fourth-order valence-electron chi connectivity index (χ4n) is 8.84. The summed E-state index contributed by atoms with van der Waals surface area (Å²) in [5.41, 5.74) is 0. The molecule has 10 saturated heterocycles. The molecular weight excluding hydrogens is 961 g/mol. The second-order valence-electron chi connectivity index (χ2n) is 17.4. The van der Waals surface area contributed by atoms with Gasteiger partial charge in [0.2, 0.25) is 17.7 Å². The number of hydrogen-bond donors (Lipinski definition) is 13. The van der Waals surface area contributed by atoms with Gasteiger partial charge in [-0.3, -0.25) is 28.2 Å². The normalized spacial score (nSPS) is 48.6. The largest absolute Gasteiger partial charge is 0.475 e. The number of amides is 3. The highest BCUT2D eigenvalue weighted by Crippen LogP contribution is 2.50. The first-order valence-electron chi connectivity index (χ1n) is 21.9. The summed E-state index contributed by atoms with van der Waals surface area (Å²) in [5, 5.41) is 109. The Kier molecular flexibility index (Phi) is 18.5. The van der Waals surface area contributed by atoms with Crippen molar-refractivity contribution in [3.63, 3.8) is 0 Å². The summed E-state index contributed by atoms with van der Waals surface area (Å²) in [7, 11) is -5.68. The number of carbonyl (C=O) groups is 4. The fraction of sp³-hybridized carbons (Fsp3) is 0.895. The lowest BCUT2D eigenvalue weighted by atomic mass is 9.93. The molecule has 3 amide bonds. The van der Waals surface area contributed by atoms with E-state index < -0.39 is 205 Å². The number of fused-ring (bicyclic) bond motifs is 1. The van der Waals surface area contributed by atoms with Crippen molar-refractivity contribution in [2.45, 2.75) is 195 Å². The number of nitrogens with one attached hydrogen (secondary N) is 3. The third-order valence-electron chi connectivity index (χ3n) is 12.2. The van der Waals surface area contributed by atoms with E-state index >= 15 is 0 Å². The van der Waals surface area contributed by atoms with E-state index in [4.69, 9.17) is 56.4 Å². The van der Waals surface area contributed by atoms with E-state index in [9.17, 15) is 74.6 Å². The van der Waals surface area contributed by atoms with Gasteiger partial charge in [-0.15, -0.1) is 0 Å². The van der Waals surface area contributed by atoms with Gasteiger partial charge in [0.1, 0.15) is 116 Å². The van der Waals surface area contributed by atoms with Crippen LogP contribution >= 0.6 is 7.82 Å². The molecule has 0 saturated carbocycles. The van der Waals surface area contributed by atoms with Crippen LogP contribution in [0.4, 0.5) is 0 Å². The number of rotatable bonds is 7. The van der Waals surface area contributed by atoms with Crippen LogP contribution in [0.25, 0.3) is 0 Å². The van der Waals surface area contributed by atoms with Gasteiger partial charge in [-0.25, -0.2) is 4.57 Å². The zero-order valence-corrected chi connectivity index (χ0v) is 38.8. The maximum atomic E-state index is 13.6. The van der Waals surface area contributed by atoms with Crippen LogP contribution in [0.5, 0.6) is 0 Å². The number of carbonyl (C=O) groups excluding carboxylic acids is 4. The molecule has 69 heavy (non-hydrogen) atoms. The molecule has 10 rings (SSSR count). The molecule has 396 valence electrons. The van der Waals surface area contributed by atoms with Crippen LogP contribution < -0.4 is 16.0 Å². The molecule has 10 fully saturated rings. The number of phosphoric ester groups is 1. The monoisotopic (exact) mass is 1020 g/mol. The van der Waals surface area contributed by atoms with Crippen molar-refractivity contribution in [3.05, 3.63) is 0 Å². The molecule has 30 nitrogen and oxygen atoms in total. The summed E-state index contributed by atoms with van der Waals surface area (Å²) in [5.74, 6) is -3.22. The highest BCUT2D eigenvalue weighted by atomic mass is 31.2. The van der Waals surface area contributed by atoms with Crippen LogP contribution in [-0.4, -0.2) is 248 Å². The smallest absolute Gasteiger partial charge is 0.463 e. The van der Waals surface area contributed by atoms with E-state index in [1.807, 2.05) is 0 Å². The maximum absolute atomic E-state index is 13.6. The Bertz CT molecular complexity index is 1840. The van der Waals surface area contributed by atoms with Crippen LogP contribution in [0.2, 0.25) is 0 Å². The zero-order valence-electron chi connectivity index (χ0n) is 37.9. The number of hydrogen-bond acceptors (Lipinski definition) is 26. The molecule has 0 aromatic rings. The molecule has 0 radical (unpaired) electrons. The molecule has 10 bridgehead atoms. The minimum atomic E-state index is -5.68. The first-order chi connectivity index (χ1) is 32.4. The first kappa shape index (κ1) is 55.6. The molecule has 0 aliphatic carbocycles. The van der Waals surface area contributed by atoms with Gasteiger partial charge in [0.05, 0.1) is 25.4 Å². The van der Waals surface area contributed by atoms with Crippen LogP contribution in [0, 0.1) is 0 Å². The molecule has 13 N–H and O–H groups in total. The number of aliphatic hydroxyl groups is 9. The van der Waals surface area contributed by atoms with Crippen molar-refractivity contribution >= 4 is 31.5 Å². The van der Waals surface area contributed by atoms with Gasteiger partial charge in [0, 0.05) is 27.7 Å². The van der Waals surface area contributed by atoms with Crippen molar-refractivity contribution < 1.29 is 131 Å². The topological polar surface area (TPSA) is 435 Å². The Morgan fingerprint density at radius 2 is 0.913 bits per heavy atom. The van der Waals surface area contributed by atoms with E-state index in [0.717, 1.165) is 27.7 Å². The van der Waals surface area contributed by atoms with Crippen molar-refractivity contribution in [1.29, 1.82) is 0 Å². The van der Waals surface area contributed by atoms with Gasteiger partial charge in [-0.05, 0) is 13.8 Å². The van der Waals surface area contributed by atoms with E-state index in [2.05, 4.69) is 16.0 Å². The third kappa shape index (κ3) is 12.6. The molecule has 1 unspecified atom stereocenters. The van der Waals surface area contributed by atoms with Crippen LogP contribution in [0.15, 0.2) is 0 Å². The number of aliphatic hydroxyl groups excluding tert-OH is 9. The summed E-state index contributed by atoms with van der Waals surface area (Å²) < 4.78 is 82.9. The molecule has 31 heteroatoms. The number of ether oxygens (including phenoxy) is 10. The van der Waals surface area contributed by atoms with E-state index in [0.29, 0.717) is 0 Å². The second-order valence-corrected chi connectivity index (χ2v) is 18.7. The van der Waals surface area contributed by atoms with Crippen molar-refractivity contribution in [1.82, 2.24) is 16.0 Å². The Morgan fingerprint density at radius 1 is 0.464 bits per heavy atom. The molecule has 10 aliphatic heterocycles. The summed E-state index contributed by atoms with van der Waals surface area (Å²) in [6.07, 6.45) is -41.2. The highest BCUT2D eigenvalue weighted by Gasteiger charge is 2.58. The van der Waals surface area contributed by atoms with Crippen LogP contribution in [-0.2, 0) is 80.2 Å². The Morgan fingerprint density at radius 3 is 1.49 bits per heavy atom. The summed E-state index contributed by atoms with van der Waals surface area (Å²) in [6.45, 7) is 4.05. The standard InChI is InChI=1S/C38H62N3O27P/c1-10-22(48)32-20(40-13(4)45)35(58-10)65-33-21(41-14(5)46)36(60-16(7-42)23(33)49)63-29-11(2)59-34(19(24(29)50)39-12(3)44)64-30-18(9-57-15(6)47)62-38(28(54)25(30)51)68-69(55,56)67-31-17(8-43)61-37(66-32)27(53)26(31)52/h10-11,16-38,42-43,48-54H,7-9H2,1-6H3,(H,39,44)(H,40,45)(H,41,46)(H,55,56)/t10-,11-,16+,17+,18+,19-,20-,21+,22+,23+,24-,25+,26+,27+,28+,29+,30+,31+,32-,33+,34-,35-,36+,37+,38+/m0/s1. The average molecular weight is 1020 g/mol. The van der Waals surface area contributed by atoms with Gasteiger partial charge >= 0.3 is 13.8 Å². The highest BCUT2D eigenvalue weighted by molar-refractivity contribution is 7.47. The molecule has 0 aromatic heterocycles. The molecule has 0 spiro atoms. The first-order valence-corrected chi connectivity index (χ1v) is 23.4. The Balaban J connectivity index is 1.46. The number of phosphoric acid groups is 1.